The van der Waals surface area contributed by atoms with Gasteiger partial charge < -0.3 is 14.2 Å². The standard InChI is InChI=1S/C13H14N2O3/c1-8-10(6-15(2)14-8)9-4-12-13(18-7-17-12)5-11(9)16-3/h4-6H,7H2,1-3H3. The van der Waals surface area contributed by atoms with Gasteiger partial charge in [0.15, 0.2) is 11.5 Å². The Kier molecular flexibility index (Phi) is 2.40. The monoisotopic (exact) mass is 246 g/mol. The van der Waals surface area contributed by atoms with Crippen molar-refractivity contribution in [3.05, 3.63) is 24.0 Å². The SMILES string of the molecule is COc1cc2c(cc1-c1cn(C)nc1C)OCO2. The van der Waals surface area contributed by atoms with Crippen LogP contribution in [0.2, 0.25) is 0 Å². The molecular weight excluding hydrogens is 232 g/mol. The first-order chi connectivity index (χ1) is 8.69. The molecule has 3 rings (SSSR count). The minimum atomic E-state index is 0.258. The molecular formula is C13H14N2O3. The molecule has 0 N–H and O–H groups in total. The molecule has 1 aromatic heterocycles. The number of nitrogens with zero attached hydrogens (tertiary/aromatic N) is 2. The molecule has 2 aromatic rings. The highest BCUT2D eigenvalue weighted by Crippen LogP contribution is 2.42. The molecule has 0 radical (unpaired) electrons. The average Bonchev–Trinajstić information content (AvgIpc) is 2.93. The Hall–Kier alpha value is -2.17. The van der Waals surface area contributed by atoms with E-state index in [1.807, 2.05) is 32.3 Å². The molecule has 0 saturated carbocycles. The molecule has 0 aliphatic carbocycles. The first-order valence-corrected chi connectivity index (χ1v) is 5.67. The molecule has 5 heteroatoms. The second-order valence-electron chi connectivity index (χ2n) is 4.21. The van der Waals surface area contributed by atoms with E-state index in [0.29, 0.717) is 0 Å². The molecule has 0 unspecified atom stereocenters. The van der Waals surface area contributed by atoms with E-state index >= 15 is 0 Å². The van der Waals surface area contributed by atoms with Crippen molar-refractivity contribution in [2.75, 3.05) is 13.9 Å². The van der Waals surface area contributed by atoms with Crippen LogP contribution >= 0.6 is 0 Å². The lowest BCUT2D eigenvalue weighted by molar-refractivity contribution is 0.174. The normalized spacial score (nSPS) is 12.8. The minimum Gasteiger partial charge on any atom is -0.496 e. The second-order valence-corrected chi connectivity index (χ2v) is 4.21. The maximum Gasteiger partial charge on any atom is 0.231 e. The van der Waals surface area contributed by atoms with Crippen LogP contribution in [-0.2, 0) is 7.05 Å². The molecule has 1 aromatic carbocycles. The molecule has 1 aliphatic rings. The highest BCUT2D eigenvalue weighted by molar-refractivity contribution is 5.75. The fourth-order valence-electron chi connectivity index (χ4n) is 2.17. The van der Waals surface area contributed by atoms with Gasteiger partial charge in [0.25, 0.3) is 0 Å². The Bertz CT molecular complexity index is 605. The van der Waals surface area contributed by atoms with Crippen LogP contribution in [0.3, 0.4) is 0 Å². The van der Waals surface area contributed by atoms with Gasteiger partial charge in [-0.1, -0.05) is 0 Å². The van der Waals surface area contributed by atoms with Crippen molar-refractivity contribution >= 4 is 0 Å². The Morgan fingerprint density at radius 2 is 1.94 bits per heavy atom. The largest absolute Gasteiger partial charge is 0.496 e. The van der Waals surface area contributed by atoms with Gasteiger partial charge in [0.05, 0.1) is 12.8 Å². The maximum absolute atomic E-state index is 5.42. The molecule has 0 atom stereocenters. The fraction of sp³-hybridized carbons (Fsp3) is 0.308. The zero-order valence-electron chi connectivity index (χ0n) is 10.6. The Morgan fingerprint density at radius 3 is 2.56 bits per heavy atom. The van der Waals surface area contributed by atoms with Crippen LogP contribution in [0, 0.1) is 6.92 Å². The molecule has 0 amide bonds. The van der Waals surface area contributed by atoms with Gasteiger partial charge in [-0.05, 0) is 13.0 Å². The topological polar surface area (TPSA) is 45.5 Å². The molecule has 0 spiro atoms. The van der Waals surface area contributed by atoms with E-state index < -0.39 is 0 Å². The predicted octanol–water partition coefficient (Wildman–Crippen LogP) is 2.13. The predicted molar refractivity (Wildman–Crippen MR) is 66.1 cm³/mol. The Morgan fingerprint density at radius 1 is 1.22 bits per heavy atom. The summed E-state index contributed by atoms with van der Waals surface area (Å²) >= 11 is 0. The van der Waals surface area contributed by atoms with E-state index in [1.54, 1.807) is 11.8 Å². The second kappa shape index (κ2) is 3.94. The van der Waals surface area contributed by atoms with Crippen molar-refractivity contribution in [3.8, 4) is 28.4 Å². The lowest BCUT2D eigenvalue weighted by atomic mass is 10.0. The number of aromatic nitrogens is 2. The van der Waals surface area contributed by atoms with Crippen LogP contribution < -0.4 is 14.2 Å². The number of methoxy groups -OCH3 is 1. The number of rotatable bonds is 2. The third-order valence-electron chi connectivity index (χ3n) is 3.00. The number of ether oxygens (including phenoxy) is 3. The van der Waals surface area contributed by atoms with Gasteiger partial charge in [0.2, 0.25) is 6.79 Å². The summed E-state index contributed by atoms with van der Waals surface area (Å²) in [5, 5.41) is 4.35. The maximum atomic E-state index is 5.42. The Labute approximate surface area is 105 Å². The average molecular weight is 246 g/mol. The Balaban J connectivity index is 2.19. The third kappa shape index (κ3) is 1.59. The van der Waals surface area contributed by atoms with Crippen LogP contribution in [0.1, 0.15) is 5.69 Å². The molecule has 0 fully saturated rings. The highest BCUT2D eigenvalue weighted by atomic mass is 16.7. The van der Waals surface area contributed by atoms with Crippen LogP contribution in [0.25, 0.3) is 11.1 Å². The summed E-state index contributed by atoms with van der Waals surface area (Å²) < 4.78 is 17.9. The zero-order valence-corrected chi connectivity index (χ0v) is 10.6. The number of hydrogen-bond donors (Lipinski definition) is 0. The van der Waals surface area contributed by atoms with Crippen molar-refractivity contribution in [2.24, 2.45) is 7.05 Å². The summed E-state index contributed by atoms with van der Waals surface area (Å²) in [5.74, 6) is 2.22. The lowest BCUT2D eigenvalue weighted by Crippen LogP contribution is -1.92. The van der Waals surface area contributed by atoms with Gasteiger partial charge in [-0.2, -0.15) is 5.10 Å². The molecule has 94 valence electrons. The van der Waals surface area contributed by atoms with Gasteiger partial charge >= 0.3 is 0 Å². The van der Waals surface area contributed by atoms with Gasteiger partial charge in [0.1, 0.15) is 5.75 Å². The van der Waals surface area contributed by atoms with Crippen molar-refractivity contribution in [3.63, 3.8) is 0 Å². The zero-order chi connectivity index (χ0) is 12.7. The van der Waals surface area contributed by atoms with Crippen LogP contribution in [0.15, 0.2) is 18.3 Å². The van der Waals surface area contributed by atoms with Gasteiger partial charge in [-0.15, -0.1) is 0 Å². The van der Waals surface area contributed by atoms with E-state index in [-0.39, 0.29) is 6.79 Å². The highest BCUT2D eigenvalue weighted by Gasteiger charge is 2.20. The van der Waals surface area contributed by atoms with Gasteiger partial charge in [-0.3, -0.25) is 4.68 Å². The van der Waals surface area contributed by atoms with Crippen molar-refractivity contribution in [2.45, 2.75) is 6.92 Å². The number of aryl methyl sites for hydroxylation is 2. The summed E-state index contributed by atoms with van der Waals surface area (Å²) in [5.41, 5.74) is 2.95. The molecule has 0 saturated heterocycles. The van der Waals surface area contributed by atoms with E-state index in [4.69, 9.17) is 14.2 Å². The molecule has 18 heavy (non-hydrogen) atoms. The lowest BCUT2D eigenvalue weighted by Gasteiger charge is -2.09. The van der Waals surface area contributed by atoms with Crippen molar-refractivity contribution in [1.29, 1.82) is 0 Å². The first kappa shape index (κ1) is 11.0. The molecule has 5 nitrogen and oxygen atoms in total. The third-order valence-corrected chi connectivity index (χ3v) is 3.00. The summed E-state index contributed by atoms with van der Waals surface area (Å²) in [6.45, 7) is 2.23. The van der Waals surface area contributed by atoms with Crippen molar-refractivity contribution < 1.29 is 14.2 Å². The van der Waals surface area contributed by atoms with Crippen LogP contribution in [0.4, 0.5) is 0 Å². The van der Waals surface area contributed by atoms with E-state index in [0.717, 1.165) is 34.1 Å². The van der Waals surface area contributed by atoms with E-state index in [2.05, 4.69) is 5.10 Å². The van der Waals surface area contributed by atoms with Crippen LogP contribution in [-0.4, -0.2) is 23.7 Å². The number of hydrogen-bond acceptors (Lipinski definition) is 4. The minimum absolute atomic E-state index is 0.258. The summed E-state index contributed by atoms with van der Waals surface area (Å²) in [6, 6.07) is 3.79. The smallest absolute Gasteiger partial charge is 0.231 e. The molecule has 0 bridgehead atoms. The summed E-state index contributed by atoms with van der Waals surface area (Å²) in [4.78, 5) is 0. The van der Waals surface area contributed by atoms with Crippen LogP contribution in [0.5, 0.6) is 17.2 Å². The number of fused-ring (bicyclic) bond motifs is 1. The van der Waals surface area contributed by atoms with E-state index in [9.17, 15) is 0 Å². The molecule has 1 aliphatic heterocycles. The summed E-state index contributed by atoms with van der Waals surface area (Å²) in [6.07, 6.45) is 1.97. The number of benzene rings is 1. The van der Waals surface area contributed by atoms with Crippen molar-refractivity contribution in [1.82, 2.24) is 9.78 Å². The van der Waals surface area contributed by atoms with Gasteiger partial charge in [0, 0.05) is 30.4 Å². The quantitative estimate of drug-likeness (QED) is 0.814. The fourth-order valence-corrected chi connectivity index (χ4v) is 2.17. The first-order valence-electron chi connectivity index (χ1n) is 5.67. The van der Waals surface area contributed by atoms with Gasteiger partial charge in [-0.25, -0.2) is 0 Å². The van der Waals surface area contributed by atoms with E-state index in [1.165, 1.54) is 0 Å². The molecule has 2 heterocycles. The summed E-state index contributed by atoms with van der Waals surface area (Å²) in [7, 11) is 3.54.